The third kappa shape index (κ3) is 6.97. The maximum Gasteiger partial charge on any atom is 0.193 e. The molecule has 0 aliphatic heterocycles. The minimum Gasteiger partial charge on any atom is -0.457 e. The minimum absolute atomic E-state index is 0. The van der Waals surface area contributed by atoms with Crippen LogP contribution in [0.4, 0.5) is 5.69 Å². The van der Waals surface area contributed by atoms with Crippen LogP contribution in [0.2, 0.25) is 0 Å². The molecule has 3 aromatic rings. The number of hydrogen-bond acceptors (Lipinski definition) is 3. The number of aliphatic imine (C=N–C) groups is 1. The largest absolute Gasteiger partial charge is 0.457 e. The first-order valence-corrected chi connectivity index (χ1v) is 9.86. The SMILES string of the molecule is I.NC(=NCCS(=O)c1ccccc1)Nc1cccc(Oc2ccccc2)c1. The van der Waals surface area contributed by atoms with E-state index in [9.17, 15) is 4.21 Å². The average molecular weight is 507 g/mol. The van der Waals surface area contributed by atoms with Crippen molar-refractivity contribution in [2.24, 2.45) is 10.7 Å². The van der Waals surface area contributed by atoms with Crippen LogP contribution in [0.1, 0.15) is 0 Å². The number of para-hydroxylation sites is 1. The van der Waals surface area contributed by atoms with Crippen molar-refractivity contribution in [3.8, 4) is 11.5 Å². The summed E-state index contributed by atoms with van der Waals surface area (Å²) >= 11 is 0. The topological polar surface area (TPSA) is 76.7 Å². The molecule has 0 spiro atoms. The van der Waals surface area contributed by atoms with Gasteiger partial charge in [0, 0.05) is 22.4 Å². The van der Waals surface area contributed by atoms with E-state index in [1.807, 2.05) is 84.9 Å². The van der Waals surface area contributed by atoms with Crippen LogP contribution >= 0.6 is 24.0 Å². The van der Waals surface area contributed by atoms with E-state index in [4.69, 9.17) is 10.5 Å². The van der Waals surface area contributed by atoms with E-state index in [-0.39, 0.29) is 29.9 Å². The van der Waals surface area contributed by atoms with E-state index in [1.165, 1.54) is 0 Å². The zero-order chi connectivity index (χ0) is 18.9. The van der Waals surface area contributed by atoms with Crippen molar-refractivity contribution in [1.29, 1.82) is 0 Å². The first-order valence-electron chi connectivity index (χ1n) is 8.54. The molecule has 0 aromatic heterocycles. The Labute approximate surface area is 184 Å². The fourth-order valence-electron chi connectivity index (χ4n) is 2.39. The fraction of sp³-hybridized carbons (Fsp3) is 0.0952. The fourth-order valence-corrected chi connectivity index (χ4v) is 3.34. The highest BCUT2D eigenvalue weighted by atomic mass is 127. The summed E-state index contributed by atoms with van der Waals surface area (Å²) in [7, 11) is -1.08. The molecule has 0 saturated carbocycles. The number of halogens is 1. The molecule has 0 amide bonds. The maximum atomic E-state index is 12.2. The van der Waals surface area contributed by atoms with Gasteiger partial charge in [0.2, 0.25) is 0 Å². The standard InChI is InChI=1S/C21H21N3O2S.HI/c22-21(23-14-15-27(25)20-12-5-2-6-13-20)24-17-8-7-11-19(16-17)26-18-9-3-1-4-10-18;/h1-13,16H,14-15H2,(H3,22,23,24);1H. The molecule has 0 bridgehead atoms. The van der Waals surface area contributed by atoms with Crippen molar-refractivity contribution < 1.29 is 8.95 Å². The van der Waals surface area contributed by atoms with Crippen molar-refractivity contribution in [3.05, 3.63) is 84.9 Å². The van der Waals surface area contributed by atoms with E-state index < -0.39 is 10.8 Å². The summed E-state index contributed by atoms with van der Waals surface area (Å²) in [5.41, 5.74) is 6.70. The third-order valence-corrected chi connectivity index (χ3v) is 5.00. The van der Waals surface area contributed by atoms with Crippen molar-refractivity contribution in [3.63, 3.8) is 0 Å². The predicted octanol–water partition coefficient (Wildman–Crippen LogP) is 4.63. The summed E-state index contributed by atoms with van der Waals surface area (Å²) in [6.07, 6.45) is 0. The first kappa shape index (κ1) is 21.9. The quantitative estimate of drug-likeness (QED) is 0.278. The van der Waals surface area contributed by atoms with Crippen LogP contribution in [0, 0.1) is 0 Å². The molecule has 0 saturated heterocycles. The molecule has 3 N–H and O–H groups in total. The number of ether oxygens (including phenoxy) is 1. The summed E-state index contributed by atoms with van der Waals surface area (Å²) < 4.78 is 18.0. The molecule has 5 nitrogen and oxygen atoms in total. The number of nitrogens with two attached hydrogens (primary N) is 1. The van der Waals surface area contributed by atoms with Crippen molar-refractivity contribution in [2.45, 2.75) is 4.90 Å². The molecular weight excluding hydrogens is 485 g/mol. The van der Waals surface area contributed by atoms with Gasteiger partial charge < -0.3 is 15.8 Å². The van der Waals surface area contributed by atoms with E-state index in [2.05, 4.69) is 10.3 Å². The van der Waals surface area contributed by atoms with Crippen LogP contribution in [0.25, 0.3) is 0 Å². The Bertz CT molecular complexity index is 921. The Morgan fingerprint density at radius 2 is 1.57 bits per heavy atom. The van der Waals surface area contributed by atoms with Gasteiger partial charge in [0.1, 0.15) is 11.5 Å². The predicted molar refractivity (Wildman–Crippen MR) is 126 cm³/mol. The van der Waals surface area contributed by atoms with Crippen LogP contribution in [-0.2, 0) is 10.8 Å². The molecular formula is C21H22IN3O2S. The van der Waals surface area contributed by atoms with Crippen molar-refractivity contribution in [2.75, 3.05) is 17.6 Å². The van der Waals surface area contributed by atoms with Gasteiger partial charge in [-0.2, -0.15) is 0 Å². The van der Waals surface area contributed by atoms with Crippen LogP contribution in [0.15, 0.2) is 94.8 Å². The Hall–Kier alpha value is -2.39. The van der Waals surface area contributed by atoms with Crippen LogP contribution in [-0.4, -0.2) is 22.5 Å². The van der Waals surface area contributed by atoms with Gasteiger partial charge in [0.05, 0.1) is 17.3 Å². The molecule has 3 rings (SSSR count). The van der Waals surface area contributed by atoms with E-state index >= 15 is 0 Å². The summed E-state index contributed by atoms with van der Waals surface area (Å²) in [5, 5.41) is 3.03. The number of nitrogens with one attached hydrogen (secondary N) is 1. The zero-order valence-electron chi connectivity index (χ0n) is 15.2. The zero-order valence-corrected chi connectivity index (χ0v) is 18.3. The summed E-state index contributed by atoms with van der Waals surface area (Å²) in [4.78, 5) is 5.04. The van der Waals surface area contributed by atoms with E-state index in [1.54, 1.807) is 0 Å². The minimum atomic E-state index is -1.08. The number of anilines is 1. The van der Waals surface area contributed by atoms with Crippen LogP contribution in [0.3, 0.4) is 0 Å². The van der Waals surface area contributed by atoms with Crippen molar-refractivity contribution >= 4 is 46.4 Å². The highest BCUT2D eigenvalue weighted by Gasteiger charge is 2.03. The molecule has 0 aliphatic carbocycles. The van der Waals surface area contributed by atoms with Crippen molar-refractivity contribution in [1.82, 2.24) is 0 Å². The normalized spacial score (nSPS) is 11.9. The summed E-state index contributed by atoms with van der Waals surface area (Å²) in [5.74, 6) is 2.16. The first-order chi connectivity index (χ1) is 13.2. The second-order valence-electron chi connectivity index (χ2n) is 5.70. The number of benzene rings is 3. The van der Waals surface area contributed by atoms with E-state index in [0.717, 1.165) is 16.3 Å². The lowest BCUT2D eigenvalue weighted by molar-refractivity contribution is 0.483. The van der Waals surface area contributed by atoms with Gasteiger partial charge in [-0.25, -0.2) is 0 Å². The second kappa shape index (κ2) is 11.5. The molecule has 146 valence electrons. The lowest BCUT2D eigenvalue weighted by Crippen LogP contribution is -2.23. The number of hydrogen-bond donors (Lipinski definition) is 2. The van der Waals surface area contributed by atoms with E-state index in [0.29, 0.717) is 18.0 Å². The number of nitrogens with zero attached hydrogens (tertiary/aromatic N) is 1. The molecule has 1 atom stereocenters. The molecule has 28 heavy (non-hydrogen) atoms. The van der Waals surface area contributed by atoms with Crippen LogP contribution in [0.5, 0.6) is 11.5 Å². The maximum absolute atomic E-state index is 12.2. The van der Waals surface area contributed by atoms with Gasteiger partial charge in [-0.15, -0.1) is 24.0 Å². The molecule has 1 unspecified atom stereocenters. The molecule has 0 aliphatic rings. The Balaban J connectivity index is 0.00000280. The monoisotopic (exact) mass is 507 g/mol. The van der Waals surface area contributed by atoms with Crippen LogP contribution < -0.4 is 15.8 Å². The lowest BCUT2D eigenvalue weighted by atomic mass is 10.3. The molecule has 3 aromatic carbocycles. The number of guanidine groups is 1. The van der Waals surface area contributed by atoms with Gasteiger partial charge in [0.15, 0.2) is 5.96 Å². The van der Waals surface area contributed by atoms with Gasteiger partial charge in [-0.05, 0) is 36.4 Å². The number of rotatable bonds is 7. The molecule has 0 fully saturated rings. The Morgan fingerprint density at radius 1 is 0.929 bits per heavy atom. The second-order valence-corrected chi connectivity index (χ2v) is 7.27. The lowest BCUT2D eigenvalue weighted by Gasteiger charge is -2.09. The van der Waals surface area contributed by atoms with Gasteiger partial charge >= 0.3 is 0 Å². The highest BCUT2D eigenvalue weighted by Crippen LogP contribution is 2.23. The van der Waals surface area contributed by atoms with Gasteiger partial charge in [-0.3, -0.25) is 9.20 Å². The summed E-state index contributed by atoms with van der Waals surface area (Å²) in [6.45, 7) is 0.376. The smallest absolute Gasteiger partial charge is 0.193 e. The molecule has 0 radical (unpaired) electrons. The average Bonchev–Trinajstić information content (AvgIpc) is 2.69. The summed E-state index contributed by atoms with van der Waals surface area (Å²) in [6, 6.07) is 26.4. The highest BCUT2D eigenvalue weighted by molar-refractivity contribution is 14.0. The Morgan fingerprint density at radius 3 is 2.29 bits per heavy atom. The Kier molecular flexibility index (Phi) is 8.96. The third-order valence-electron chi connectivity index (χ3n) is 3.65. The van der Waals surface area contributed by atoms with Gasteiger partial charge in [-0.1, -0.05) is 42.5 Å². The van der Waals surface area contributed by atoms with Gasteiger partial charge in [0.25, 0.3) is 0 Å². The molecule has 7 heteroatoms. The molecule has 0 heterocycles.